The van der Waals surface area contributed by atoms with Gasteiger partial charge in [0.2, 0.25) is 0 Å². The first-order valence-corrected chi connectivity index (χ1v) is 25.3. The highest BCUT2D eigenvalue weighted by atomic mass is 32.2. The highest BCUT2D eigenvalue weighted by molar-refractivity contribution is 8.00. The van der Waals surface area contributed by atoms with E-state index in [1.165, 1.54) is 23.5 Å². The molecule has 4 amide bonds. The van der Waals surface area contributed by atoms with Crippen LogP contribution in [-0.4, -0.2) is 139 Å². The van der Waals surface area contributed by atoms with Crippen molar-refractivity contribution in [3.8, 4) is 0 Å². The van der Waals surface area contributed by atoms with E-state index in [0.29, 0.717) is 5.56 Å². The van der Waals surface area contributed by atoms with Crippen LogP contribution in [0.3, 0.4) is 0 Å². The second kappa shape index (κ2) is 27.0. The zero-order valence-electron chi connectivity index (χ0n) is 39.8. The summed E-state index contributed by atoms with van der Waals surface area (Å²) in [6, 6.07) is 42.1. The summed E-state index contributed by atoms with van der Waals surface area (Å²) in [5.74, 6) is -3.66. The highest BCUT2D eigenvalue weighted by Crippen LogP contribution is 2.42. The van der Waals surface area contributed by atoms with E-state index in [1.807, 2.05) is 62.4 Å². The molecule has 6 aromatic carbocycles. The topological polar surface area (TPSA) is 227 Å². The largest absolute Gasteiger partial charge is 0.459 e. The van der Waals surface area contributed by atoms with Crippen molar-refractivity contribution in [3.63, 3.8) is 0 Å². The van der Waals surface area contributed by atoms with Gasteiger partial charge in [0.25, 0.3) is 23.6 Å². The molecule has 18 heteroatoms. The third-order valence-electron chi connectivity index (χ3n) is 12.9. The number of rotatable bonds is 12. The van der Waals surface area contributed by atoms with Crippen molar-refractivity contribution < 1.29 is 68.1 Å². The highest BCUT2D eigenvalue weighted by Gasteiger charge is 2.56. The SMILES string of the molecule is C.C.C.C.Cc1ccc(SC2OC(CO)C(O)C(O)C2N2C(=O)c3ccccc3C2=O)cc1.Cc1ccc(SC2OC(COC(=O)c3ccccc3)C(O)C(OC(=O)c3ccccc3)C2N2C(=O)c3ccccc3C2=O)cc1. The molecular formula is C60H66N2O14S2. The lowest BCUT2D eigenvalue weighted by atomic mass is 9.96. The van der Waals surface area contributed by atoms with E-state index in [2.05, 4.69) is 0 Å². The molecule has 0 radical (unpaired) electrons. The molecule has 0 spiro atoms. The molecule has 10 unspecified atom stereocenters. The first-order valence-electron chi connectivity index (χ1n) is 23.6. The number of hydrogen-bond donors (Lipinski definition) is 4. The fourth-order valence-corrected chi connectivity index (χ4v) is 11.4. The van der Waals surface area contributed by atoms with Crippen LogP contribution in [0.1, 0.15) is 103 Å². The number of aliphatic hydroxyl groups is 4. The molecule has 2 fully saturated rings. The van der Waals surface area contributed by atoms with E-state index in [0.717, 1.165) is 30.7 Å². The van der Waals surface area contributed by atoms with E-state index < -0.39 is 102 Å². The first kappa shape index (κ1) is 61.8. The monoisotopic (exact) mass is 1100 g/mol. The number of ether oxygens (including phenoxy) is 4. The van der Waals surface area contributed by atoms with Crippen LogP contribution in [0, 0.1) is 13.8 Å². The van der Waals surface area contributed by atoms with Crippen LogP contribution >= 0.6 is 23.5 Å². The van der Waals surface area contributed by atoms with Crippen LogP contribution in [0.25, 0.3) is 0 Å². The number of imide groups is 2. The van der Waals surface area contributed by atoms with Gasteiger partial charge < -0.3 is 39.4 Å². The van der Waals surface area contributed by atoms with Crippen molar-refractivity contribution in [1.82, 2.24) is 9.80 Å². The van der Waals surface area contributed by atoms with Crippen LogP contribution in [0.15, 0.2) is 168 Å². The minimum Gasteiger partial charge on any atom is -0.459 e. The third-order valence-corrected chi connectivity index (χ3v) is 15.3. The van der Waals surface area contributed by atoms with Gasteiger partial charge in [-0.05, 0) is 86.6 Å². The second-order valence-electron chi connectivity index (χ2n) is 17.8. The minimum absolute atomic E-state index is 0. The summed E-state index contributed by atoms with van der Waals surface area (Å²) in [6.07, 6.45) is -8.11. The van der Waals surface area contributed by atoms with Gasteiger partial charge in [-0.25, -0.2) is 9.59 Å². The fraction of sp³-hybridized carbons (Fsp3) is 0.300. The molecule has 0 saturated carbocycles. The van der Waals surface area contributed by atoms with Crippen molar-refractivity contribution in [1.29, 1.82) is 0 Å². The van der Waals surface area contributed by atoms with Gasteiger partial charge in [-0.3, -0.25) is 29.0 Å². The number of thioether (sulfide) groups is 2. The molecular weight excluding hydrogens is 1040 g/mol. The Morgan fingerprint density at radius 2 is 0.859 bits per heavy atom. The Bertz CT molecular complexity index is 2970. The molecule has 412 valence electrons. The Balaban J connectivity index is 0.000000296. The molecule has 6 aromatic rings. The van der Waals surface area contributed by atoms with Crippen LogP contribution in [0.5, 0.6) is 0 Å². The molecule has 4 aliphatic rings. The van der Waals surface area contributed by atoms with Crippen molar-refractivity contribution in [2.75, 3.05) is 13.2 Å². The van der Waals surface area contributed by atoms with Gasteiger partial charge in [-0.15, -0.1) is 0 Å². The molecule has 4 heterocycles. The predicted molar refractivity (Wildman–Crippen MR) is 297 cm³/mol. The maximum Gasteiger partial charge on any atom is 0.338 e. The van der Waals surface area contributed by atoms with Gasteiger partial charge >= 0.3 is 11.9 Å². The number of nitrogens with zero attached hydrogens (tertiary/aromatic N) is 2. The van der Waals surface area contributed by atoms with Gasteiger partial charge in [0.15, 0.2) is 6.10 Å². The quantitative estimate of drug-likeness (QED) is 0.0664. The number of amides is 4. The maximum atomic E-state index is 13.8. The second-order valence-corrected chi connectivity index (χ2v) is 20.2. The van der Waals surface area contributed by atoms with Crippen molar-refractivity contribution in [2.45, 2.75) is 113 Å². The average molecular weight is 1100 g/mol. The molecule has 16 nitrogen and oxygen atoms in total. The van der Waals surface area contributed by atoms with Gasteiger partial charge in [-0.2, -0.15) is 0 Å². The number of fused-ring (bicyclic) bond motifs is 2. The molecule has 78 heavy (non-hydrogen) atoms. The van der Waals surface area contributed by atoms with Gasteiger partial charge in [0.1, 0.15) is 60.1 Å². The smallest absolute Gasteiger partial charge is 0.338 e. The lowest BCUT2D eigenvalue weighted by Crippen LogP contribution is -2.65. The standard InChI is InChI=1S/C35H29NO8S.C21H21NO6S.4CH4/c1-21-16-18-24(19-17-21)45-35-28(36-31(38)25-14-8-9-15-26(25)32(36)39)30(44-34(41)23-12-6-3-7-13-23)29(37)27(43-35)20-42-33(40)22-10-4-2-5-11-22;1-11-6-8-12(9-7-11)29-21-16(18(25)17(24)15(10-23)28-21)22-19(26)13-4-2-3-5-14(13)20(22)27;;;;/h2-19,27-30,35,37H,20H2,1H3;2-9,15-18,21,23-25H,10H2,1H3;4*1H4. The Labute approximate surface area is 463 Å². The first-order chi connectivity index (χ1) is 35.7. The van der Waals surface area contributed by atoms with E-state index in [4.69, 9.17) is 18.9 Å². The summed E-state index contributed by atoms with van der Waals surface area (Å²) in [4.78, 5) is 83.1. The van der Waals surface area contributed by atoms with E-state index in [1.54, 1.807) is 109 Å². The lowest BCUT2D eigenvalue weighted by Gasteiger charge is -2.46. The van der Waals surface area contributed by atoms with E-state index in [9.17, 15) is 49.2 Å². The Kier molecular flexibility index (Phi) is 21.4. The van der Waals surface area contributed by atoms with Crippen molar-refractivity contribution >= 4 is 59.1 Å². The number of benzene rings is 6. The Morgan fingerprint density at radius 1 is 0.487 bits per heavy atom. The molecule has 2 saturated heterocycles. The maximum absolute atomic E-state index is 13.8. The summed E-state index contributed by atoms with van der Waals surface area (Å²) in [7, 11) is 0. The summed E-state index contributed by atoms with van der Waals surface area (Å²) in [6.45, 7) is 3.01. The number of hydrogen-bond acceptors (Lipinski definition) is 16. The van der Waals surface area contributed by atoms with Crippen LogP contribution in [0.4, 0.5) is 0 Å². The number of aryl methyl sites for hydroxylation is 2. The van der Waals surface area contributed by atoms with Gasteiger partial charge in [-0.1, -0.05) is 149 Å². The molecule has 10 atom stereocenters. The zero-order valence-corrected chi connectivity index (χ0v) is 41.4. The molecule has 10 rings (SSSR count). The van der Waals surface area contributed by atoms with Gasteiger partial charge in [0, 0.05) is 9.79 Å². The summed E-state index contributed by atoms with van der Waals surface area (Å²) >= 11 is 2.43. The molecule has 0 aromatic heterocycles. The molecule has 0 aliphatic carbocycles. The summed E-state index contributed by atoms with van der Waals surface area (Å²) < 4.78 is 23.7. The normalized spacial score (nSPS) is 23.9. The third kappa shape index (κ3) is 12.8. The predicted octanol–water partition coefficient (Wildman–Crippen LogP) is 8.66. The number of aliphatic hydroxyl groups excluding tert-OH is 4. The van der Waals surface area contributed by atoms with E-state index in [-0.39, 0.29) is 64.1 Å². The molecule has 0 bridgehead atoms. The van der Waals surface area contributed by atoms with Gasteiger partial charge in [0.05, 0.1) is 40.0 Å². The average Bonchev–Trinajstić information content (AvgIpc) is 3.97. The Hall–Kier alpha value is -7.00. The summed E-state index contributed by atoms with van der Waals surface area (Å²) in [5.41, 5.74) is 1.63. The van der Waals surface area contributed by atoms with Crippen LogP contribution < -0.4 is 0 Å². The number of carbonyl (C=O) groups is 6. The minimum atomic E-state index is -1.58. The van der Waals surface area contributed by atoms with Crippen molar-refractivity contribution in [3.05, 3.63) is 202 Å². The fourth-order valence-electron chi connectivity index (χ4n) is 9.02. The zero-order chi connectivity index (χ0) is 52.2. The lowest BCUT2D eigenvalue weighted by molar-refractivity contribution is -0.183. The molecule has 4 N–H and O–H groups in total. The van der Waals surface area contributed by atoms with Crippen molar-refractivity contribution in [2.24, 2.45) is 0 Å². The van der Waals surface area contributed by atoms with Crippen LogP contribution in [0.2, 0.25) is 0 Å². The summed E-state index contributed by atoms with van der Waals surface area (Å²) in [5, 5.41) is 42.4. The number of carbonyl (C=O) groups excluding carboxylic acids is 6. The van der Waals surface area contributed by atoms with Crippen LogP contribution in [-0.2, 0) is 18.9 Å². The number of esters is 2. The van der Waals surface area contributed by atoms with E-state index >= 15 is 0 Å². The molecule has 4 aliphatic heterocycles. The Morgan fingerprint density at radius 3 is 1.28 bits per heavy atom.